The Morgan fingerprint density at radius 3 is 2.63 bits per heavy atom. The Hall–Kier alpha value is -1.58. The number of nitrogens with zero attached hydrogens (tertiary/aromatic N) is 1. The topological polar surface area (TPSA) is 32.3 Å². The van der Waals surface area contributed by atoms with Crippen molar-refractivity contribution in [2.24, 2.45) is 5.92 Å². The summed E-state index contributed by atoms with van der Waals surface area (Å²) in [6.45, 7) is 5.61. The van der Waals surface area contributed by atoms with Crippen molar-refractivity contribution >= 4 is 11.6 Å². The standard InChI is InChI=1S/C15H21FN2O/c1-11-7-9-18(10-8-11)15(19)12(2)17-14-6-4-3-5-13(14)16/h3-6,11-12,17H,7-10H2,1-2H3. The molecule has 1 heterocycles. The lowest BCUT2D eigenvalue weighted by Gasteiger charge is -2.32. The molecule has 0 aliphatic carbocycles. The van der Waals surface area contributed by atoms with Crippen LogP contribution in [-0.4, -0.2) is 29.9 Å². The number of likely N-dealkylation sites (tertiary alicyclic amines) is 1. The zero-order valence-corrected chi connectivity index (χ0v) is 11.5. The van der Waals surface area contributed by atoms with Crippen LogP contribution in [0.1, 0.15) is 26.7 Å². The molecule has 1 aromatic rings. The third kappa shape index (κ3) is 3.46. The first-order valence-electron chi connectivity index (χ1n) is 6.88. The number of hydrogen-bond acceptors (Lipinski definition) is 2. The van der Waals surface area contributed by atoms with Gasteiger partial charge in [0.1, 0.15) is 11.9 Å². The van der Waals surface area contributed by atoms with Crippen molar-refractivity contribution in [1.82, 2.24) is 4.90 Å². The largest absolute Gasteiger partial charge is 0.372 e. The molecular formula is C15H21FN2O. The Morgan fingerprint density at radius 1 is 1.37 bits per heavy atom. The van der Waals surface area contributed by atoms with E-state index in [1.807, 2.05) is 4.90 Å². The molecule has 1 amide bonds. The summed E-state index contributed by atoms with van der Waals surface area (Å²) in [5.74, 6) is 0.420. The van der Waals surface area contributed by atoms with E-state index in [-0.39, 0.29) is 11.7 Å². The molecule has 1 aliphatic heterocycles. The van der Waals surface area contributed by atoms with Crippen LogP contribution in [0.5, 0.6) is 0 Å². The van der Waals surface area contributed by atoms with Gasteiger partial charge in [0.25, 0.3) is 0 Å². The minimum absolute atomic E-state index is 0.0511. The van der Waals surface area contributed by atoms with Gasteiger partial charge in [-0.05, 0) is 37.8 Å². The highest BCUT2D eigenvalue weighted by Gasteiger charge is 2.24. The van der Waals surface area contributed by atoms with Crippen LogP contribution in [0.25, 0.3) is 0 Å². The molecule has 1 aliphatic rings. The number of nitrogens with one attached hydrogen (secondary N) is 1. The fraction of sp³-hybridized carbons (Fsp3) is 0.533. The summed E-state index contributed by atoms with van der Waals surface area (Å²) >= 11 is 0. The van der Waals surface area contributed by atoms with Crippen LogP contribution in [0.3, 0.4) is 0 Å². The van der Waals surface area contributed by atoms with Crippen molar-refractivity contribution in [3.63, 3.8) is 0 Å². The van der Waals surface area contributed by atoms with Gasteiger partial charge < -0.3 is 10.2 Å². The van der Waals surface area contributed by atoms with Crippen molar-refractivity contribution in [1.29, 1.82) is 0 Å². The van der Waals surface area contributed by atoms with Crippen molar-refractivity contribution in [3.05, 3.63) is 30.1 Å². The number of halogens is 1. The van der Waals surface area contributed by atoms with Crippen molar-refractivity contribution in [2.45, 2.75) is 32.7 Å². The van der Waals surface area contributed by atoms with Crippen LogP contribution in [-0.2, 0) is 4.79 Å². The van der Waals surface area contributed by atoms with Crippen LogP contribution in [0.2, 0.25) is 0 Å². The molecule has 0 radical (unpaired) electrons. The fourth-order valence-corrected chi connectivity index (χ4v) is 2.38. The van der Waals surface area contributed by atoms with E-state index in [1.54, 1.807) is 25.1 Å². The lowest BCUT2D eigenvalue weighted by atomic mass is 9.99. The highest BCUT2D eigenvalue weighted by molar-refractivity contribution is 5.84. The smallest absolute Gasteiger partial charge is 0.244 e. The molecule has 1 unspecified atom stereocenters. The zero-order chi connectivity index (χ0) is 13.8. The maximum Gasteiger partial charge on any atom is 0.244 e. The number of amides is 1. The lowest BCUT2D eigenvalue weighted by molar-refractivity contribution is -0.132. The molecule has 1 N–H and O–H groups in total. The number of para-hydroxylation sites is 1. The number of anilines is 1. The Bertz CT molecular complexity index is 442. The SMILES string of the molecule is CC1CCN(C(=O)C(C)Nc2ccccc2F)CC1. The minimum Gasteiger partial charge on any atom is -0.372 e. The van der Waals surface area contributed by atoms with Crippen LogP contribution in [0, 0.1) is 11.7 Å². The van der Waals surface area contributed by atoms with Crippen LogP contribution in [0.15, 0.2) is 24.3 Å². The number of hydrogen-bond donors (Lipinski definition) is 1. The average molecular weight is 264 g/mol. The molecule has 0 spiro atoms. The van der Waals surface area contributed by atoms with Gasteiger partial charge in [0, 0.05) is 13.1 Å². The maximum atomic E-state index is 13.5. The molecule has 1 fully saturated rings. The van der Waals surface area contributed by atoms with Gasteiger partial charge in [-0.2, -0.15) is 0 Å². The van der Waals surface area contributed by atoms with E-state index in [0.717, 1.165) is 25.9 Å². The third-order valence-electron chi connectivity index (χ3n) is 3.71. The predicted molar refractivity (Wildman–Crippen MR) is 74.5 cm³/mol. The fourth-order valence-electron chi connectivity index (χ4n) is 2.38. The van der Waals surface area contributed by atoms with Crippen molar-refractivity contribution < 1.29 is 9.18 Å². The zero-order valence-electron chi connectivity index (χ0n) is 11.5. The minimum atomic E-state index is -0.398. The van der Waals surface area contributed by atoms with E-state index in [2.05, 4.69) is 12.2 Å². The van der Waals surface area contributed by atoms with Crippen LogP contribution >= 0.6 is 0 Å². The van der Waals surface area contributed by atoms with E-state index in [4.69, 9.17) is 0 Å². The summed E-state index contributed by atoms with van der Waals surface area (Å²) in [6, 6.07) is 6.04. The highest BCUT2D eigenvalue weighted by Crippen LogP contribution is 2.18. The molecule has 0 bridgehead atoms. The predicted octanol–water partition coefficient (Wildman–Crippen LogP) is 2.88. The third-order valence-corrected chi connectivity index (χ3v) is 3.71. The van der Waals surface area contributed by atoms with Crippen molar-refractivity contribution in [3.8, 4) is 0 Å². The van der Waals surface area contributed by atoms with E-state index in [9.17, 15) is 9.18 Å². The summed E-state index contributed by atoms with van der Waals surface area (Å²) in [7, 11) is 0. The Balaban J connectivity index is 1.94. The molecule has 3 nitrogen and oxygen atoms in total. The number of benzene rings is 1. The molecule has 1 aromatic carbocycles. The van der Waals surface area contributed by atoms with Gasteiger partial charge in [0.05, 0.1) is 5.69 Å². The first kappa shape index (κ1) is 13.8. The summed E-state index contributed by atoms with van der Waals surface area (Å²) in [6.07, 6.45) is 2.11. The normalized spacial score (nSPS) is 18.2. The molecule has 1 saturated heterocycles. The lowest BCUT2D eigenvalue weighted by Crippen LogP contribution is -2.45. The quantitative estimate of drug-likeness (QED) is 0.910. The summed E-state index contributed by atoms with van der Waals surface area (Å²) in [4.78, 5) is 14.1. The summed E-state index contributed by atoms with van der Waals surface area (Å²) in [5, 5.41) is 2.95. The second-order valence-electron chi connectivity index (χ2n) is 5.35. The van der Waals surface area contributed by atoms with E-state index in [1.165, 1.54) is 6.07 Å². The van der Waals surface area contributed by atoms with E-state index >= 15 is 0 Å². The molecule has 0 aromatic heterocycles. The number of carbonyl (C=O) groups is 1. The summed E-state index contributed by atoms with van der Waals surface area (Å²) < 4.78 is 13.5. The molecule has 4 heteroatoms. The maximum absolute atomic E-state index is 13.5. The number of rotatable bonds is 3. The molecule has 0 saturated carbocycles. The average Bonchev–Trinajstić information content (AvgIpc) is 2.41. The van der Waals surface area contributed by atoms with Gasteiger partial charge in [-0.25, -0.2) is 4.39 Å². The molecular weight excluding hydrogens is 243 g/mol. The van der Waals surface area contributed by atoms with Gasteiger partial charge in [-0.1, -0.05) is 19.1 Å². The second-order valence-corrected chi connectivity index (χ2v) is 5.35. The van der Waals surface area contributed by atoms with E-state index < -0.39 is 6.04 Å². The van der Waals surface area contributed by atoms with E-state index in [0.29, 0.717) is 11.6 Å². The van der Waals surface area contributed by atoms with Gasteiger partial charge in [0.15, 0.2) is 0 Å². The second kappa shape index (κ2) is 6.04. The highest BCUT2D eigenvalue weighted by atomic mass is 19.1. The van der Waals surface area contributed by atoms with Crippen molar-refractivity contribution in [2.75, 3.05) is 18.4 Å². The van der Waals surface area contributed by atoms with Gasteiger partial charge in [-0.3, -0.25) is 4.79 Å². The molecule has 19 heavy (non-hydrogen) atoms. The van der Waals surface area contributed by atoms with Gasteiger partial charge >= 0.3 is 0 Å². The van der Waals surface area contributed by atoms with Gasteiger partial charge in [-0.15, -0.1) is 0 Å². The monoisotopic (exact) mass is 264 g/mol. The van der Waals surface area contributed by atoms with Crippen LogP contribution in [0.4, 0.5) is 10.1 Å². The first-order valence-corrected chi connectivity index (χ1v) is 6.88. The first-order chi connectivity index (χ1) is 9.08. The number of carbonyl (C=O) groups excluding carboxylic acids is 1. The molecule has 104 valence electrons. The van der Waals surface area contributed by atoms with Crippen LogP contribution < -0.4 is 5.32 Å². The van der Waals surface area contributed by atoms with Gasteiger partial charge in [0.2, 0.25) is 5.91 Å². The Morgan fingerprint density at radius 2 is 2.00 bits per heavy atom. The molecule has 1 atom stereocenters. The molecule has 2 rings (SSSR count). The number of piperidine rings is 1. The Labute approximate surface area is 113 Å². The Kier molecular flexibility index (Phi) is 4.40. The summed E-state index contributed by atoms with van der Waals surface area (Å²) in [5.41, 5.74) is 0.383.